The number of amides is 2. The smallest absolute Gasteiger partial charge is 0.339 e. The summed E-state index contributed by atoms with van der Waals surface area (Å²) in [4.78, 5) is 10.5. The van der Waals surface area contributed by atoms with Crippen molar-refractivity contribution in [2.45, 2.75) is 0 Å². The van der Waals surface area contributed by atoms with Gasteiger partial charge in [0.25, 0.3) is 0 Å². The van der Waals surface area contributed by atoms with E-state index in [-0.39, 0.29) is 0 Å². The van der Waals surface area contributed by atoms with Gasteiger partial charge in [0.1, 0.15) is 5.00 Å². The van der Waals surface area contributed by atoms with Gasteiger partial charge >= 0.3 is 6.03 Å². The zero-order chi connectivity index (χ0) is 9.26. The number of hydrogen-bond donors (Lipinski definition) is 1. The van der Waals surface area contributed by atoms with Gasteiger partial charge < -0.3 is 5.73 Å². The molecule has 2 N–H and O–H groups in total. The van der Waals surface area contributed by atoms with E-state index in [0.717, 1.165) is 10.1 Å². The fourth-order valence-corrected chi connectivity index (χ4v) is 2.07. The monoisotopic (exact) mass is 191 g/mol. The molecule has 0 saturated heterocycles. The number of urea groups is 1. The molecular formula is C9H7N2OS. The molecule has 2 rings (SSSR count). The topological polar surface area (TPSA) is 57.2 Å². The van der Waals surface area contributed by atoms with Gasteiger partial charge in [-0.2, -0.15) is 5.32 Å². The molecule has 0 aliphatic carbocycles. The Morgan fingerprint density at radius 2 is 2.15 bits per heavy atom. The number of fused-ring (bicyclic) bond motifs is 1. The molecule has 1 heterocycles. The fourth-order valence-electron chi connectivity index (χ4n) is 1.13. The minimum Gasteiger partial charge on any atom is -0.350 e. The summed E-state index contributed by atoms with van der Waals surface area (Å²) in [7, 11) is 0. The average Bonchev–Trinajstić information content (AvgIpc) is 2.44. The molecule has 13 heavy (non-hydrogen) atoms. The Morgan fingerprint density at radius 1 is 1.38 bits per heavy atom. The van der Waals surface area contributed by atoms with Gasteiger partial charge in [0.2, 0.25) is 0 Å². The number of carbonyl (C=O) groups is 1. The average molecular weight is 191 g/mol. The summed E-state index contributed by atoms with van der Waals surface area (Å²) in [6, 6.07) is 9.07. The molecule has 0 spiro atoms. The first-order valence-corrected chi connectivity index (χ1v) is 4.57. The molecule has 0 unspecified atom stereocenters. The quantitative estimate of drug-likeness (QED) is 0.738. The Morgan fingerprint density at radius 3 is 2.85 bits per heavy atom. The van der Waals surface area contributed by atoms with Crippen molar-refractivity contribution in [2.75, 3.05) is 0 Å². The van der Waals surface area contributed by atoms with Crippen molar-refractivity contribution in [3.63, 3.8) is 0 Å². The van der Waals surface area contributed by atoms with Gasteiger partial charge in [-0.1, -0.05) is 18.2 Å². The normalized spacial score (nSPS) is 10.2. The highest BCUT2D eigenvalue weighted by molar-refractivity contribution is 7.22. The van der Waals surface area contributed by atoms with Crippen LogP contribution in [0, 0.1) is 0 Å². The second-order valence-electron chi connectivity index (χ2n) is 2.57. The molecule has 1 aromatic carbocycles. The number of thiophene rings is 1. The number of hydrogen-bond acceptors (Lipinski definition) is 2. The standard InChI is InChI=1S/C9H7N2OS/c10-9(12)11-8-5-6-3-1-2-4-7(6)13-8/h1-5H,(H2,10,12). The van der Waals surface area contributed by atoms with Gasteiger partial charge in [-0.05, 0) is 17.5 Å². The maximum Gasteiger partial charge on any atom is 0.339 e. The summed E-state index contributed by atoms with van der Waals surface area (Å²) in [6.45, 7) is 0. The number of benzene rings is 1. The van der Waals surface area contributed by atoms with Crippen LogP contribution in [-0.2, 0) is 0 Å². The Labute approximate surface area is 79.2 Å². The molecule has 1 radical (unpaired) electrons. The number of primary amides is 1. The predicted molar refractivity (Wildman–Crippen MR) is 53.2 cm³/mol. The number of rotatable bonds is 1. The second-order valence-corrected chi connectivity index (χ2v) is 3.63. The third kappa shape index (κ3) is 1.62. The third-order valence-corrected chi connectivity index (χ3v) is 2.64. The highest BCUT2D eigenvalue weighted by Crippen LogP contribution is 2.29. The minimum atomic E-state index is -0.647. The van der Waals surface area contributed by atoms with Crippen molar-refractivity contribution < 1.29 is 4.79 Å². The highest BCUT2D eigenvalue weighted by Gasteiger charge is 2.03. The van der Waals surface area contributed by atoms with Crippen LogP contribution in [0.3, 0.4) is 0 Å². The Balaban J connectivity index is 2.44. The van der Waals surface area contributed by atoms with E-state index in [2.05, 4.69) is 5.32 Å². The van der Waals surface area contributed by atoms with Crippen molar-refractivity contribution in [2.24, 2.45) is 5.73 Å². The van der Waals surface area contributed by atoms with Crippen LogP contribution in [0.5, 0.6) is 0 Å². The van der Waals surface area contributed by atoms with Crippen LogP contribution < -0.4 is 11.1 Å². The molecule has 0 aliphatic rings. The molecule has 0 atom stereocenters. The van der Waals surface area contributed by atoms with E-state index in [1.165, 1.54) is 11.3 Å². The lowest BCUT2D eigenvalue weighted by Gasteiger charge is -1.87. The lowest BCUT2D eigenvalue weighted by Crippen LogP contribution is -2.17. The molecule has 65 valence electrons. The zero-order valence-electron chi connectivity index (χ0n) is 6.73. The molecule has 0 fully saturated rings. The third-order valence-electron chi connectivity index (χ3n) is 1.63. The van der Waals surface area contributed by atoms with Crippen molar-refractivity contribution in [3.8, 4) is 0 Å². The molecule has 2 aromatic rings. The maximum atomic E-state index is 10.5. The van der Waals surface area contributed by atoms with Crippen molar-refractivity contribution in [1.29, 1.82) is 0 Å². The van der Waals surface area contributed by atoms with Gasteiger partial charge in [0, 0.05) is 4.70 Å². The van der Waals surface area contributed by atoms with Crippen LogP contribution in [-0.4, -0.2) is 6.03 Å². The molecule has 2 amide bonds. The van der Waals surface area contributed by atoms with E-state index in [1.807, 2.05) is 30.3 Å². The minimum absolute atomic E-state index is 0.647. The van der Waals surface area contributed by atoms with E-state index in [1.54, 1.807) is 0 Å². The molecule has 0 aliphatic heterocycles. The van der Waals surface area contributed by atoms with Crippen LogP contribution in [0.25, 0.3) is 10.1 Å². The first kappa shape index (κ1) is 8.07. The summed E-state index contributed by atoms with van der Waals surface area (Å²) in [5, 5.41) is 5.41. The van der Waals surface area contributed by atoms with Gasteiger partial charge in [-0.3, -0.25) is 0 Å². The molecule has 3 nitrogen and oxygen atoms in total. The molecule has 0 bridgehead atoms. The van der Waals surface area contributed by atoms with Crippen LogP contribution in [0.15, 0.2) is 30.3 Å². The van der Waals surface area contributed by atoms with Crippen molar-refractivity contribution >= 4 is 32.5 Å². The van der Waals surface area contributed by atoms with E-state index in [0.29, 0.717) is 5.00 Å². The maximum absolute atomic E-state index is 10.5. The Bertz CT molecular complexity index is 417. The molecule has 1 aromatic heterocycles. The van der Waals surface area contributed by atoms with Crippen molar-refractivity contribution in [1.82, 2.24) is 5.32 Å². The first-order chi connectivity index (χ1) is 6.25. The Kier molecular flexibility index (Phi) is 1.90. The van der Waals surface area contributed by atoms with E-state index in [4.69, 9.17) is 5.73 Å². The summed E-state index contributed by atoms with van der Waals surface area (Å²) in [5.41, 5.74) is 4.95. The summed E-state index contributed by atoms with van der Waals surface area (Å²) in [6.07, 6.45) is 0. The number of nitrogens with zero attached hydrogens (tertiary/aromatic N) is 1. The van der Waals surface area contributed by atoms with Gasteiger partial charge in [-0.15, -0.1) is 11.3 Å². The second kappa shape index (κ2) is 3.06. The van der Waals surface area contributed by atoms with E-state index >= 15 is 0 Å². The molecule has 0 saturated carbocycles. The van der Waals surface area contributed by atoms with E-state index < -0.39 is 6.03 Å². The number of nitrogens with two attached hydrogens (primary N) is 1. The zero-order valence-corrected chi connectivity index (χ0v) is 7.54. The van der Waals surface area contributed by atoms with Crippen LogP contribution >= 0.6 is 11.3 Å². The first-order valence-electron chi connectivity index (χ1n) is 3.75. The number of carbonyl (C=O) groups excluding carboxylic acids is 1. The lowest BCUT2D eigenvalue weighted by molar-refractivity contribution is 0.252. The summed E-state index contributed by atoms with van der Waals surface area (Å²) < 4.78 is 1.11. The molecular weight excluding hydrogens is 184 g/mol. The molecule has 4 heteroatoms. The van der Waals surface area contributed by atoms with E-state index in [9.17, 15) is 4.79 Å². The fraction of sp³-hybridized carbons (Fsp3) is 0. The summed E-state index contributed by atoms with van der Waals surface area (Å²) >= 11 is 1.46. The highest BCUT2D eigenvalue weighted by atomic mass is 32.1. The van der Waals surface area contributed by atoms with Crippen LogP contribution in [0.1, 0.15) is 0 Å². The predicted octanol–water partition coefficient (Wildman–Crippen LogP) is 2.22. The van der Waals surface area contributed by atoms with Gasteiger partial charge in [-0.25, -0.2) is 4.79 Å². The lowest BCUT2D eigenvalue weighted by atomic mass is 10.3. The van der Waals surface area contributed by atoms with Crippen molar-refractivity contribution in [3.05, 3.63) is 30.3 Å². The largest absolute Gasteiger partial charge is 0.350 e. The van der Waals surface area contributed by atoms with Crippen LogP contribution in [0.2, 0.25) is 0 Å². The summed E-state index contributed by atoms with van der Waals surface area (Å²) in [5.74, 6) is 0. The SMILES string of the molecule is NC(=O)[N]c1cc2ccccc2s1. The van der Waals surface area contributed by atoms with Gasteiger partial charge in [0.15, 0.2) is 0 Å². The Hall–Kier alpha value is -1.55. The van der Waals surface area contributed by atoms with Crippen LogP contribution in [0.4, 0.5) is 9.80 Å². The van der Waals surface area contributed by atoms with Gasteiger partial charge in [0.05, 0.1) is 0 Å².